The SMILES string of the molecule is COC1=C(NCC(=O)O)CC(O)(CO)C/C1=N\C(C(=O)O)C(C)O. The summed E-state index contributed by atoms with van der Waals surface area (Å²) in [4.78, 5) is 25.9. The van der Waals surface area contributed by atoms with E-state index in [0.717, 1.165) is 0 Å². The highest BCUT2D eigenvalue weighted by atomic mass is 16.5. The molecule has 0 fully saturated rings. The van der Waals surface area contributed by atoms with Crippen molar-refractivity contribution in [3.05, 3.63) is 11.5 Å². The molecule has 0 radical (unpaired) electrons. The first-order valence-electron chi connectivity index (χ1n) is 7.17. The molecule has 3 unspecified atom stereocenters. The molecule has 1 aliphatic rings. The zero-order valence-electron chi connectivity index (χ0n) is 13.4. The van der Waals surface area contributed by atoms with Crippen LogP contribution in [0.3, 0.4) is 0 Å². The second kappa shape index (κ2) is 8.08. The van der Waals surface area contributed by atoms with Crippen LogP contribution in [-0.2, 0) is 14.3 Å². The molecule has 0 saturated carbocycles. The van der Waals surface area contributed by atoms with Gasteiger partial charge in [0.05, 0.1) is 36.8 Å². The Labute approximate surface area is 138 Å². The molecule has 24 heavy (non-hydrogen) atoms. The summed E-state index contributed by atoms with van der Waals surface area (Å²) in [5, 5.41) is 49.8. The van der Waals surface area contributed by atoms with Gasteiger partial charge in [-0.25, -0.2) is 4.79 Å². The van der Waals surface area contributed by atoms with E-state index in [-0.39, 0.29) is 30.0 Å². The monoisotopic (exact) mass is 346 g/mol. The second-order valence-electron chi connectivity index (χ2n) is 5.59. The molecule has 1 rings (SSSR count). The largest absolute Gasteiger partial charge is 0.493 e. The average Bonchev–Trinajstić information content (AvgIpc) is 2.49. The normalized spacial score (nSPS) is 25.3. The van der Waals surface area contributed by atoms with Crippen LogP contribution in [0.4, 0.5) is 0 Å². The smallest absolute Gasteiger partial charge is 0.331 e. The third-order valence-corrected chi connectivity index (χ3v) is 3.49. The Morgan fingerprint density at radius 2 is 2.00 bits per heavy atom. The van der Waals surface area contributed by atoms with Gasteiger partial charge >= 0.3 is 11.9 Å². The summed E-state index contributed by atoms with van der Waals surface area (Å²) < 4.78 is 5.17. The molecule has 10 nitrogen and oxygen atoms in total. The number of methoxy groups -OCH3 is 1. The molecule has 0 amide bonds. The molecule has 0 aromatic heterocycles. The number of carboxylic acid groups (broad SMARTS) is 2. The lowest BCUT2D eigenvalue weighted by atomic mass is 9.85. The highest BCUT2D eigenvalue weighted by Gasteiger charge is 2.39. The zero-order valence-corrected chi connectivity index (χ0v) is 13.4. The van der Waals surface area contributed by atoms with E-state index in [0.29, 0.717) is 0 Å². The molecule has 0 aromatic rings. The highest BCUT2D eigenvalue weighted by molar-refractivity contribution is 6.02. The number of ether oxygens (including phenoxy) is 1. The Morgan fingerprint density at radius 3 is 2.42 bits per heavy atom. The van der Waals surface area contributed by atoms with Crippen molar-refractivity contribution < 1.29 is 39.9 Å². The molecule has 0 heterocycles. The van der Waals surface area contributed by atoms with Gasteiger partial charge in [-0.05, 0) is 6.92 Å². The van der Waals surface area contributed by atoms with Crippen LogP contribution in [0.5, 0.6) is 0 Å². The van der Waals surface area contributed by atoms with Crippen molar-refractivity contribution in [2.75, 3.05) is 20.3 Å². The lowest BCUT2D eigenvalue weighted by Crippen LogP contribution is -2.45. The van der Waals surface area contributed by atoms with Gasteiger partial charge in [0, 0.05) is 12.8 Å². The van der Waals surface area contributed by atoms with Crippen molar-refractivity contribution in [2.45, 2.75) is 37.5 Å². The Hall–Kier alpha value is -2.17. The van der Waals surface area contributed by atoms with Gasteiger partial charge < -0.3 is 35.6 Å². The first kappa shape index (κ1) is 19.9. The van der Waals surface area contributed by atoms with Gasteiger partial charge in [-0.15, -0.1) is 0 Å². The Bertz CT molecular complexity index is 557. The number of nitrogens with one attached hydrogen (secondary N) is 1. The van der Waals surface area contributed by atoms with E-state index in [1.807, 2.05) is 0 Å². The third-order valence-electron chi connectivity index (χ3n) is 3.49. The number of aliphatic hydroxyl groups is 3. The number of nitrogens with zero attached hydrogens (tertiary/aromatic N) is 1. The van der Waals surface area contributed by atoms with E-state index >= 15 is 0 Å². The summed E-state index contributed by atoms with van der Waals surface area (Å²) >= 11 is 0. The van der Waals surface area contributed by atoms with Gasteiger partial charge in [-0.2, -0.15) is 0 Å². The minimum atomic E-state index is -1.65. The van der Waals surface area contributed by atoms with Crippen LogP contribution in [0.1, 0.15) is 19.8 Å². The molecule has 0 bridgehead atoms. The molecular weight excluding hydrogens is 324 g/mol. The van der Waals surface area contributed by atoms with Gasteiger partial charge in [0.25, 0.3) is 0 Å². The Morgan fingerprint density at radius 1 is 1.38 bits per heavy atom. The number of hydrogen-bond donors (Lipinski definition) is 6. The number of carbonyl (C=O) groups is 2. The minimum Gasteiger partial charge on any atom is -0.493 e. The van der Waals surface area contributed by atoms with Crippen molar-refractivity contribution in [3.63, 3.8) is 0 Å². The number of rotatable bonds is 8. The van der Waals surface area contributed by atoms with E-state index in [9.17, 15) is 24.9 Å². The van der Waals surface area contributed by atoms with Crippen LogP contribution in [0.15, 0.2) is 16.4 Å². The van der Waals surface area contributed by atoms with Crippen molar-refractivity contribution in [1.29, 1.82) is 0 Å². The van der Waals surface area contributed by atoms with Gasteiger partial charge in [-0.3, -0.25) is 9.79 Å². The lowest BCUT2D eigenvalue weighted by molar-refractivity contribution is -0.140. The molecule has 0 spiro atoms. The maximum atomic E-state index is 11.2. The number of hydrogen-bond acceptors (Lipinski definition) is 8. The molecule has 0 saturated heterocycles. The van der Waals surface area contributed by atoms with Crippen molar-refractivity contribution in [2.24, 2.45) is 4.99 Å². The summed E-state index contributed by atoms with van der Waals surface area (Å²) in [5.74, 6) is -2.44. The Kier molecular flexibility index (Phi) is 6.70. The predicted molar refractivity (Wildman–Crippen MR) is 81.5 cm³/mol. The van der Waals surface area contributed by atoms with Crippen LogP contribution in [0.2, 0.25) is 0 Å². The van der Waals surface area contributed by atoms with Gasteiger partial charge in [0.15, 0.2) is 11.8 Å². The molecule has 10 heteroatoms. The second-order valence-corrected chi connectivity index (χ2v) is 5.59. The zero-order chi connectivity index (χ0) is 18.5. The van der Waals surface area contributed by atoms with Crippen LogP contribution >= 0.6 is 0 Å². The first-order chi connectivity index (χ1) is 11.1. The average molecular weight is 346 g/mol. The van der Waals surface area contributed by atoms with Crippen molar-refractivity contribution in [3.8, 4) is 0 Å². The van der Waals surface area contributed by atoms with E-state index < -0.39 is 42.8 Å². The van der Waals surface area contributed by atoms with Crippen LogP contribution < -0.4 is 5.32 Å². The topological polar surface area (TPSA) is 169 Å². The highest BCUT2D eigenvalue weighted by Crippen LogP contribution is 2.30. The number of aliphatic carboxylic acids is 2. The van der Waals surface area contributed by atoms with Gasteiger partial charge in [0.2, 0.25) is 0 Å². The van der Waals surface area contributed by atoms with E-state index in [2.05, 4.69) is 10.3 Å². The molecule has 136 valence electrons. The van der Waals surface area contributed by atoms with Crippen LogP contribution in [0.25, 0.3) is 0 Å². The first-order valence-corrected chi connectivity index (χ1v) is 7.17. The maximum Gasteiger partial charge on any atom is 0.331 e. The quantitative estimate of drug-likeness (QED) is 0.300. The summed E-state index contributed by atoms with van der Waals surface area (Å²) in [7, 11) is 1.29. The van der Waals surface area contributed by atoms with Crippen LogP contribution in [-0.4, -0.2) is 81.2 Å². The molecular formula is C14H22N2O8. The summed E-state index contributed by atoms with van der Waals surface area (Å²) in [6.45, 7) is 0.146. The van der Waals surface area contributed by atoms with Gasteiger partial charge in [0.1, 0.15) is 6.54 Å². The molecule has 0 aliphatic heterocycles. The fraction of sp³-hybridized carbons (Fsp3) is 0.643. The van der Waals surface area contributed by atoms with E-state index in [4.69, 9.17) is 14.9 Å². The molecule has 3 atom stereocenters. The number of aliphatic imine (C=N–C) groups is 1. The number of allylic oxidation sites excluding steroid dienone is 1. The lowest BCUT2D eigenvalue weighted by Gasteiger charge is -2.34. The Balaban J connectivity index is 3.33. The summed E-state index contributed by atoms with van der Waals surface area (Å²) in [6, 6.07) is -1.49. The summed E-state index contributed by atoms with van der Waals surface area (Å²) in [5.41, 5.74) is -1.46. The molecule has 1 aliphatic carbocycles. The number of carboxylic acids is 2. The number of aliphatic hydroxyl groups excluding tert-OH is 2. The van der Waals surface area contributed by atoms with E-state index in [1.165, 1.54) is 14.0 Å². The van der Waals surface area contributed by atoms with Gasteiger partial charge in [-0.1, -0.05) is 0 Å². The fourth-order valence-electron chi connectivity index (χ4n) is 2.36. The minimum absolute atomic E-state index is 0.0153. The van der Waals surface area contributed by atoms with Crippen LogP contribution in [0, 0.1) is 0 Å². The van der Waals surface area contributed by atoms with E-state index in [1.54, 1.807) is 0 Å². The maximum absolute atomic E-state index is 11.2. The molecule has 0 aromatic carbocycles. The molecule has 6 N–H and O–H groups in total. The van der Waals surface area contributed by atoms with Crippen molar-refractivity contribution >= 4 is 17.7 Å². The predicted octanol–water partition coefficient (Wildman–Crippen LogP) is -1.69. The fourth-order valence-corrected chi connectivity index (χ4v) is 2.36. The third kappa shape index (κ3) is 4.91. The standard InChI is InChI=1S/C14H22N2O8/c1-7(18)11(13(21)22)16-9-4-14(23,6-17)3-8(12(9)24-2)15-5-10(19)20/h7,11,15,17-18,23H,3-6H2,1-2H3,(H,19,20)(H,21,22)/b16-9+. The summed E-state index contributed by atoms with van der Waals surface area (Å²) in [6.07, 6.45) is -1.63. The van der Waals surface area contributed by atoms with Crippen molar-refractivity contribution in [1.82, 2.24) is 5.32 Å².